The van der Waals surface area contributed by atoms with Gasteiger partial charge in [-0.3, -0.25) is 0 Å². The fraction of sp³-hybridized carbons (Fsp3) is 0.429. The number of aliphatic hydroxyl groups excluding tert-OH is 4. The van der Waals surface area contributed by atoms with Gasteiger partial charge in [-0.05, 0) is 43.5 Å². The minimum Gasteiger partial charge on any atom is -0.394 e. The summed E-state index contributed by atoms with van der Waals surface area (Å²) >= 11 is 1.33. The number of halogens is 2. The molecule has 4 unspecified atom stereocenters. The maximum atomic E-state index is 14.3. The van der Waals surface area contributed by atoms with Gasteiger partial charge in [0.15, 0.2) is 0 Å². The average Bonchev–Trinajstić information content (AvgIpc) is 3.66. The lowest BCUT2D eigenvalue weighted by Crippen LogP contribution is -2.55. The zero-order valence-corrected chi connectivity index (χ0v) is 23.5. The quantitative estimate of drug-likeness (QED) is 0.202. The third kappa shape index (κ3) is 6.53. The van der Waals surface area contributed by atoms with Crippen LogP contribution >= 0.6 is 11.8 Å². The van der Waals surface area contributed by atoms with Crippen molar-refractivity contribution in [1.82, 2.24) is 30.0 Å². The van der Waals surface area contributed by atoms with Gasteiger partial charge in [0.05, 0.1) is 19.0 Å². The number of benzene rings is 2. The van der Waals surface area contributed by atoms with Gasteiger partial charge in [-0.25, -0.2) is 18.1 Å². The molecular formula is C28H32F2N6O5S. The summed E-state index contributed by atoms with van der Waals surface area (Å²) in [6, 6.07) is 11.3. The van der Waals surface area contributed by atoms with Gasteiger partial charge in [-0.1, -0.05) is 41.6 Å². The molecule has 0 spiro atoms. The zero-order chi connectivity index (χ0) is 29.8. The topological polar surface area (TPSA) is 152 Å². The molecule has 0 aliphatic carbocycles. The van der Waals surface area contributed by atoms with Gasteiger partial charge in [0.2, 0.25) is 0 Å². The van der Waals surface area contributed by atoms with Gasteiger partial charge in [0.1, 0.15) is 59.0 Å². The molecule has 0 saturated carbocycles. The van der Waals surface area contributed by atoms with E-state index >= 15 is 0 Å². The molecule has 224 valence electrons. The van der Waals surface area contributed by atoms with Gasteiger partial charge < -0.3 is 25.2 Å². The smallest absolute Gasteiger partial charge is 0.148 e. The number of nitrogens with zero attached hydrogens (tertiary/aromatic N) is 6. The first kappa shape index (κ1) is 30.2. The van der Waals surface area contributed by atoms with Crippen molar-refractivity contribution < 1.29 is 33.9 Å². The molecule has 1 aliphatic heterocycles. The molecule has 5 rings (SSSR count). The summed E-state index contributed by atoms with van der Waals surface area (Å²) in [5.41, 5.74) is 0.280. The molecule has 11 nitrogen and oxygen atoms in total. The largest absolute Gasteiger partial charge is 0.394 e. The van der Waals surface area contributed by atoms with E-state index in [4.69, 9.17) is 4.74 Å². The summed E-state index contributed by atoms with van der Waals surface area (Å²) in [4.78, 5) is 0. The minimum atomic E-state index is -1.29. The van der Waals surface area contributed by atoms with Crippen LogP contribution in [0.5, 0.6) is 0 Å². The van der Waals surface area contributed by atoms with E-state index in [1.54, 1.807) is 36.4 Å². The predicted molar refractivity (Wildman–Crippen MR) is 150 cm³/mol. The van der Waals surface area contributed by atoms with Crippen LogP contribution in [0, 0.1) is 11.6 Å². The summed E-state index contributed by atoms with van der Waals surface area (Å²) in [7, 11) is 0. The second kappa shape index (κ2) is 13.4. The number of ether oxygens (including phenoxy) is 1. The minimum absolute atomic E-state index is 0.0403. The molecule has 1 fully saturated rings. The van der Waals surface area contributed by atoms with Crippen molar-refractivity contribution in [2.75, 3.05) is 6.61 Å². The van der Waals surface area contributed by atoms with Crippen LogP contribution in [-0.4, -0.2) is 86.0 Å². The van der Waals surface area contributed by atoms with E-state index < -0.39 is 54.3 Å². The van der Waals surface area contributed by atoms with Gasteiger partial charge in [-0.15, -0.1) is 22.0 Å². The number of hydrogen-bond acceptors (Lipinski definition) is 10. The lowest BCUT2D eigenvalue weighted by Gasteiger charge is -2.42. The van der Waals surface area contributed by atoms with Crippen molar-refractivity contribution in [3.8, 4) is 22.5 Å². The van der Waals surface area contributed by atoms with E-state index in [-0.39, 0.29) is 16.5 Å². The maximum absolute atomic E-state index is 14.3. The number of hydrogen-bond donors (Lipinski definition) is 4. The first-order chi connectivity index (χ1) is 20.3. The van der Waals surface area contributed by atoms with E-state index in [0.29, 0.717) is 30.5 Å². The summed E-state index contributed by atoms with van der Waals surface area (Å²) in [5.74, 6) is -0.905. The maximum Gasteiger partial charge on any atom is 0.148 e. The van der Waals surface area contributed by atoms with Crippen LogP contribution in [0.2, 0.25) is 0 Å². The van der Waals surface area contributed by atoms with Crippen LogP contribution in [0.4, 0.5) is 8.78 Å². The van der Waals surface area contributed by atoms with Crippen LogP contribution in [0.3, 0.4) is 0 Å². The molecule has 0 radical (unpaired) electrons. The molecule has 0 bridgehead atoms. The normalized spacial score (nSPS) is 24.0. The van der Waals surface area contributed by atoms with Crippen molar-refractivity contribution in [2.45, 2.75) is 67.5 Å². The molecular weight excluding hydrogens is 570 g/mol. The second-order valence-electron chi connectivity index (χ2n) is 10.2. The Kier molecular flexibility index (Phi) is 9.60. The summed E-state index contributed by atoms with van der Waals surface area (Å²) < 4.78 is 36.7. The molecule has 7 atom stereocenters. The van der Waals surface area contributed by atoms with Crippen molar-refractivity contribution >= 4 is 11.8 Å². The zero-order valence-electron chi connectivity index (χ0n) is 22.7. The van der Waals surface area contributed by atoms with Gasteiger partial charge in [-0.2, -0.15) is 0 Å². The van der Waals surface area contributed by atoms with Gasteiger partial charge in [0.25, 0.3) is 0 Å². The van der Waals surface area contributed by atoms with E-state index in [0.717, 1.165) is 0 Å². The van der Waals surface area contributed by atoms with Crippen molar-refractivity contribution in [2.24, 2.45) is 0 Å². The summed E-state index contributed by atoms with van der Waals surface area (Å²) in [6.07, 6.45) is 0.0836. The first-order valence-electron chi connectivity index (χ1n) is 13.6. The number of rotatable bonds is 11. The lowest BCUT2D eigenvalue weighted by atomic mass is 9.97. The van der Waals surface area contributed by atoms with Crippen LogP contribution in [0.25, 0.3) is 22.5 Å². The fourth-order valence-electron chi connectivity index (χ4n) is 4.94. The Hall–Kier alpha value is -3.27. The van der Waals surface area contributed by atoms with E-state index in [2.05, 4.69) is 20.6 Å². The van der Waals surface area contributed by atoms with Crippen LogP contribution in [0.1, 0.15) is 38.5 Å². The van der Waals surface area contributed by atoms with E-state index in [1.165, 1.54) is 45.7 Å². The average molecular weight is 603 g/mol. The predicted octanol–water partition coefficient (Wildman–Crippen LogP) is 2.95. The fourth-order valence-corrected chi connectivity index (χ4v) is 6.23. The molecule has 14 heteroatoms. The third-order valence-electron chi connectivity index (χ3n) is 7.22. The molecule has 2 aromatic heterocycles. The van der Waals surface area contributed by atoms with Crippen molar-refractivity contribution in [3.05, 3.63) is 72.6 Å². The molecule has 0 amide bonds. The molecule has 2 aromatic carbocycles. The Morgan fingerprint density at radius 2 is 1.52 bits per heavy atom. The lowest BCUT2D eigenvalue weighted by molar-refractivity contribution is -0.178. The third-order valence-corrected chi connectivity index (χ3v) is 8.58. The van der Waals surface area contributed by atoms with E-state index in [1.807, 2.05) is 6.92 Å². The first-order valence-corrected chi connectivity index (χ1v) is 14.5. The Labute approximate surface area is 244 Å². The molecule has 3 heterocycles. The van der Waals surface area contributed by atoms with Crippen molar-refractivity contribution in [1.29, 1.82) is 0 Å². The molecule has 1 aliphatic rings. The Morgan fingerprint density at radius 1 is 0.905 bits per heavy atom. The Bertz CT molecular complexity index is 1470. The summed E-state index contributed by atoms with van der Waals surface area (Å²) in [6.45, 7) is 1.46. The Balaban J connectivity index is 1.18. The highest BCUT2D eigenvalue weighted by atomic mass is 32.2. The monoisotopic (exact) mass is 602 g/mol. The molecule has 4 N–H and O–H groups in total. The number of thioether (sulfide) groups is 1. The highest BCUT2D eigenvalue weighted by Gasteiger charge is 2.46. The summed E-state index contributed by atoms with van der Waals surface area (Å²) in [5, 5.41) is 58.4. The van der Waals surface area contributed by atoms with Crippen LogP contribution < -0.4 is 0 Å². The van der Waals surface area contributed by atoms with Crippen LogP contribution in [0.15, 0.2) is 60.9 Å². The standard InChI is InChI=1S/C28H32F2N6O5S/c1-16(7-6-12-24(38)35-13-21(31-33-35)17-8-2-4-10-19(17)29)42-28-27(40)25(26(39)23(15-37)41-28)36-14-22(32-34-36)18-9-3-5-11-20(18)30/h2-5,8-11,13-14,16,23-28,37-40H,6-7,12,15H2,1H3/t16-,23?,24?,25?,26-,27?,28-/m0/s1. The van der Waals surface area contributed by atoms with Crippen LogP contribution in [-0.2, 0) is 4.74 Å². The molecule has 4 aromatic rings. The van der Waals surface area contributed by atoms with E-state index in [9.17, 15) is 29.2 Å². The van der Waals surface area contributed by atoms with Crippen molar-refractivity contribution in [3.63, 3.8) is 0 Å². The highest BCUT2D eigenvalue weighted by Crippen LogP contribution is 2.38. The Morgan fingerprint density at radius 3 is 2.17 bits per heavy atom. The van der Waals surface area contributed by atoms with Gasteiger partial charge >= 0.3 is 0 Å². The number of aliphatic hydroxyl groups is 4. The second-order valence-corrected chi connectivity index (χ2v) is 11.7. The molecule has 1 saturated heterocycles. The SMILES string of the molecule is C[C@@H](CCCC(O)n1cc(-c2ccccc2F)nn1)S[C@@H]1OC(CO)[C@H](O)C(n2cc(-c3ccccc3F)nn2)C1O. The van der Waals surface area contributed by atoms with Gasteiger partial charge in [0, 0.05) is 16.4 Å². The highest BCUT2D eigenvalue weighted by molar-refractivity contribution is 8.00. The molecule has 42 heavy (non-hydrogen) atoms. The number of aromatic nitrogens is 6.